The zero-order valence-electron chi connectivity index (χ0n) is 20.8. The van der Waals surface area contributed by atoms with Crippen LogP contribution >= 0.6 is 12.2 Å². The molecule has 0 aromatic carbocycles. The number of ether oxygens (including phenoxy) is 6. The average molecular weight is 551 g/mol. The molecule has 1 fully saturated rings. The van der Waals surface area contributed by atoms with Crippen molar-refractivity contribution < 1.29 is 62.3 Å². The monoisotopic (exact) mass is 550 g/mol. The molecule has 1 heterocycles. The Hall–Kier alpha value is -3.53. The molecule has 0 aromatic rings. The maximum atomic E-state index is 11.9. The van der Waals surface area contributed by atoms with Crippen LogP contribution in [0.3, 0.4) is 0 Å². The van der Waals surface area contributed by atoms with Crippen LogP contribution in [0, 0.1) is 0 Å². The average Bonchev–Trinajstić information content (AvgIpc) is 2.77. The number of carboxylic acid groups (broad SMARTS) is 1. The van der Waals surface area contributed by atoms with E-state index in [0.717, 1.165) is 34.8 Å². The fourth-order valence-corrected chi connectivity index (χ4v) is 3.55. The Labute approximate surface area is 217 Å². The first-order valence-corrected chi connectivity index (χ1v) is 11.3. The molecule has 37 heavy (non-hydrogen) atoms. The lowest BCUT2D eigenvalue weighted by atomic mass is 9.97. The molecule has 1 aliphatic rings. The lowest BCUT2D eigenvalue weighted by Gasteiger charge is -2.44. The summed E-state index contributed by atoms with van der Waals surface area (Å²) in [6.07, 6.45) is -7.26. The standard InChI is InChI=1S/C21H30N2O13S/c1-9(24)32-8-14-16(33-10(2)25)17(34-11(3)26)18(35-12(4)27)19(36-14)23-21(37)22-13(20(29)30)6-7-15(28)31-5/h13-14,16-19H,6-8H2,1-5H3,(H,29,30)(H2,22,23,37)/t13-,14-,16-,17+,18-,19-/m1/s1. The van der Waals surface area contributed by atoms with E-state index in [4.69, 9.17) is 35.9 Å². The minimum absolute atomic E-state index is 0.178. The number of carbonyl (C=O) groups excluding carboxylic acids is 5. The zero-order chi connectivity index (χ0) is 28.3. The van der Waals surface area contributed by atoms with E-state index in [1.165, 1.54) is 0 Å². The van der Waals surface area contributed by atoms with Crippen LogP contribution < -0.4 is 10.6 Å². The molecule has 0 saturated carbocycles. The quantitative estimate of drug-likeness (QED) is 0.159. The summed E-state index contributed by atoms with van der Waals surface area (Å²) in [6.45, 7) is 3.90. The number of thiocarbonyl (C=S) groups is 1. The second-order valence-electron chi connectivity index (χ2n) is 7.74. The van der Waals surface area contributed by atoms with Crippen molar-refractivity contribution in [3.8, 4) is 0 Å². The van der Waals surface area contributed by atoms with Crippen molar-refractivity contribution in [1.82, 2.24) is 10.6 Å². The number of aliphatic carboxylic acids is 1. The molecule has 0 aliphatic carbocycles. The molecule has 0 aromatic heterocycles. The molecule has 0 spiro atoms. The smallest absolute Gasteiger partial charge is 0.326 e. The van der Waals surface area contributed by atoms with Gasteiger partial charge in [0, 0.05) is 34.1 Å². The van der Waals surface area contributed by atoms with Crippen LogP contribution in [0.2, 0.25) is 0 Å². The van der Waals surface area contributed by atoms with Gasteiger partial charge in [0.1, 0.15) is 18.8 Å². The summed E-state index contributed by atoms with van der Waals surface area (Å²) in [5, 5.41) is 14.3. The molecule has 1 saturated heterocycles. The normalized spacial score (nSPS) is 23.4. The Morgan fingerprint density at radius 1 is 0.892 bits per heavy atom. The van der Waals surface area contributed by atoms with E-state index >= 15 is 0 Å². The zero-order valence-corrected chi connectivity index (χ0v) is 21.7. The molecule has 0 unspecified atom stereocenters. The first kappa shape index (κ1) is 31.5. The number of esters is 5. The number of nitrogens with one attached hydrogen (secondary N) is 2. The van der Waals surface area contributed by atoms with Crippen LogP contribution in [-0.4, -0.2) is 96.4 Å². The van der Waals surface area contributed by atoms with Crippen molar-refractivity contribution in [2.24, 2.45) is 0 Å². The van der Waals surface area contributed by atoms with Gasteiger partial charge in [0.05, 0.1) is 7.11 Å². The molecule has 1 aliphatic heterocycles. The Morgan fingerprint density at radius 3 is 1.92 bits per heavy atom. The van der Waals surface area contributed by atoms with Crippen LogP contribution in [0.1, 0.15) is 40.5 Å². The highest BCUT2D eigenvalue weighted by atomic mass is 32.1. The third-order valence-electron chi connectivity index (χ3n) is 4.73. The van der Waals surface area contributed by atoms with E-state index in [-0.39, 0.29) is 18.0 Å². The predicted molar refractivity (Wildman–Crippen MR) is 123 cm³/mol. The number of carboxylic acids is 1. The van der Waals surface area contributed by atoms with Gasteiger partial charge in [-0.1, -0.05) is 0 Å². The van der Waals surface area contributed by atoms with Crippen LogP contribution in [0.15, 0.2) is 0 Å². The number of hydrogen-bond donors (Lipinski definition) is 3. The molecular formula is C21H30N2O13S. The van der Waals surface area contributed by atoms with E-state index < -0.39 is 79.1 Å². The first-order chi connectivity index (χ1) is 17.2. The van der Waals surface area contributed by atoms with Gasteiger partial charge in [-0.05, 0) is 18.6 Å². The molecule has 16 heteroatoms. The molecule has 6 atom stereocenters. The van der Waals surface area contributed by atoms with Crippen LogP contribution in [-0.2, 0) is 57.2 Å². The maximum absolute atomic E-state index is 11.9. The van der Waals surface area contributed by atoms with Gasteiger partial charge in [-0.2, -0.15) is 0 Å². The van der Waals surface area contributed by atoms with Gasteiger partial charge >= 0.3 is 35.8 Å². The predicted octanol–water partition coefficient (Wildman–Crippen LogP) is -1.06. The second kappa shape index (κ2) is 14.9. The van der Waals surface area contributed by atoms with Gasteiger partial charge in [0.25, 0.3) is 0 Å². The lowest BCUT2D eigenvalue weighted by molar-refractivity contribution is -0.254. The third-order valence-corrected chi connectivity index (χ3v) is 4.97. The molecule has 1 rings (SSSR count). The lowest BCUT2D eigenvalue weighted by Crippen LogP contribution is -2.67. The number of hydrogen-bond acceptors (Lipinski definition) is 13. The summed E-state index contributed by atoms with van der Waals surface area (Å²) in [5.74, 6) is -5.08. The highest BCUT2D eigenvalue weighted by Gasteiger charge is 2.52. The van der Waals surface area contributed by atoms with Crippen molar-refractivity contribution in [2.75, 3.05) is 13.7 Å². The number of methoxy groups -OCH3 is 1. The third kappa shape index (κ3) is 10.9. The van der Waals surface area contributed by atoms with Crippen molar-refractivity contribution in [3.05, 3.63) is 0 Å². The van der Waals surface area contributed by atoms with E-state index in [2.05, 4.69) is 15.4 Å². The first-order valence-electron chi connectivity index (χ1n) is 10.9. The highest BCUT2D eigenvalue weighted by Crippen LogP contribution is 2.28. The minimum Gasteiger partial charge on any atom is -0.480 e. The summed E-state index contributed by atoms with van der Waals surface area (Å²) < 4.78 is 31.1. The van der Waals surface area contributed by atoms with Crippen LogP contribution in [0.4, 0.5) is 0 Å². The second-order valence-corrected chi connectivity index (χ2v) is 8.15. The van der Waals surface area contributed by atoms with Gasteiger partial charge in [-0.25, -0.2) is 4.79 Å². The summed E-state index contributed by atoms with van der Waals surface area (Å²) in [7, 11) is 1.15. The Morgan fingerprint density at radius 2 is 1.43 bits per heavy atom. The van der Waals surface area contributed by atoms with Crippen molar-refractivity contribution >= 4 is 53.1 Å². The molecule has 208 valence electrons. The largest absolute Gasteiger partial charge is 0.480 e. The number of carbonyl (C=O) groups is 6. The van der Waals surface area contributed by atoms with Gasteiger partial charge < -0.3 is 44.2 Å². The maximum Gasteiger partial charge on any atom is 0.326 e. The molecule has 15 nitrogen and oxygen atoms in total. The van der Waals surface area contributed by atoms with Gasteiger partial charge in [-0.15, -0.1) is 0 Å². The molecule has 3 N–H and O–H groups in total. The fraction of sp³-hybridized carbons (Fsp3) is 0.667. The number of rotatable bonds is 11. The van der Waals surface area contributed by atoms with Crippen molar-refractivity contribution in [3.63, 3.8) is 0 Å². The molecule has 0 bridgehead atoms. The SMILES string of the molecule is COC(=O)CC[C@@H](NC(=S)N[C@@H]1O[C@H](COC(C)=O)[C@@H](OC(C)=O)[C@H](OC(C)=O)[C@H]1OC(C)=O)C(=O)O. The molecule has 0 radical (unpaired) electrons. The van der Waals surface area contributed by atoms with Gasteiger partial charge in [0.2, 0.25) is 0 Å². The van der Waals surface area contributed by atoms with Gasteiger partial charge in [0.15, 0.2) is 29.7 Å². The summed E-state index contributed by atoms with van der Waals surface area (Å²) in [4.78, 5) is 69.8. The topological polar surface area (TPSA) is 202 Å². The fourth-order valence-electron chi connectivity index (χ4n) is 3.30. The van der Waals surface area contributed by atoms with E-state index in [1.54, 1.807) is 0 Å². The minimum atomic E-state index is -1.45. The summed E-state index contributed by atoms with van der Waals surface area (Å²) >= 11 is 5.18. The van der Waals surface area contributed by atoms with E-state index in [0.29, 0.717) is 0 Å². The Kier molecular flexibility index (Phi) is 12.7. The van der Waals surface area contributed by atoms with Crippen molar-refractivity contribution in [2.45, 2.75) is 77.2 Å². The molecular weight excluding hydrogens is 520 g/mol. The highest BCUT2D eigenvalue weighted by molar-refractivity contribution is 7.80. The van der Waals surface area contributed by atoms with E-state index in [1.807, 2.05) is 0 Å². The summed E-state index contributed by atoms with van der Waals surface area (Å²) in [5.41, 5.74) is 0. The van der Waals surface area contributed by atoms with Gasteiger partial charge in [-0.3, -0.25) is 24.0 Å². The molecule has 0 amide bonds. The van der Waals surface area contributed by atoms with Crippen LogP contribution in [0.5, 0.6) is 0 Å². The van der Waals surface area contributed by atoms with Crippen LogP contribution in [0.25, 0.3) is 0 Å². The van der Waals surface area contributed by atoms with Crippen molar-refractivity contribution in [1.29, 1.82) is 0 Å². The Bertz CT molecular complexity index is 896. The Balaban J connectivity index is 3.26. The summed E-state index contributed by atoms with van der Waals surface area (Å²) in [6, 6.07) is -1.32. The van der Waals surface area contributed by atoms with E-state index in [9.17, 15) is 33.9 Å².